The fourth-order valence-electron chi connectivity index (χ4n) is 2.54. The maximum atomic E-state index is 11.6. The number of thiophene rings is 1. The van der Waals surface area contributed by atoms with Gasteiger partial charge in [0.25, 0.3) is 0 Å². The summed E-state index contributed by atoms with van der Waals surface area (Å²) >= 11 is 1.71. The molecule has 0 spiro atoms. The number of amides is 1. The van der Waals surface area contributed by atoms with Crippen LogP contribution in [0.5, 0.6) is 0 Å². The lowest BCUT2D eigenvalue weighted by atomic mass is 9.75. The third kappa shape index (κ3) is 2.01. The van der Waals surface area contributed by atoms with Crippen LogP contribution in [0.3, 0.4) is 0 Å². The molecule has 1 amide bonds. The van der Waals surface area contributed by atoms with Gasteiger partial charge in [-0.2, -0.15) is 11.3 Å². The first-order chi connectivity index (χ1) is 7.52. The summed E-state index contributed by atoms with van der Waals surface area (Å²) < 4.78 is 0. The highest BCUT2D eigenvalue weighted by molar-refractivity contribution is 7.08. The Morgan fingerprint density at radius 2 is 2.38 bits per heavy atom. The number of carbonyl (C=O) groups excluding carboxylic acids is 1. The van der Waals surface area contributed by atoms with E-state index in [9.17, 15) is 4.79 Å². The van der Waals surface area contributed by atoms with E-state index in [1.54, 1.807) is 11.3 Å². The van der Waals surface area contributed by atoms with Crippen LogP contribution in [0.4, 0.5) is 0 Å². The lowest BCUT2D eigenvalue weighted by Gasteiger charge is -2.30. The molecular weight excluding hydrogens is 218 g/mol. The predicted octanol–water partition coefficient (Wildman–Crippen LogP) is 2.94. The van der Waals surface area contributed by atoms with E-state index < -0.39 is 0 Å². The van der Waals surface area contributed by atoms with Gasteiger partial charge >= 0.3 is 0 Å². The fourth-order valence-corrected chi connectivity index (χ4v) is 3.34. The van der Waals surface area contributed by atoms with Crippen molar-refractivity contribution in [3.05, 3.63) is 22.4 Å². The molecule has 1 aliphatic rings. The molecule has 0 bridgehead atoms. The Morgan fingerprint density at radius 3 is 2.94 bits per heavy atom. The van der Waals surface area contributed by atoms with E-state index >= 15 is 0 Å². The molecule has 0 aromatic carbocycles. The van der Waals surface area contributed by atoms with Gasteiger partial charge in [-0.3, -0.25) is 4.79 Å². The number of hydrogen-bond acceptors (Lipinski definition) is 2. The molecule has 2 unspecified atom stereocenters. The maximum Gasteiger partial charge on any atom is 0.221 e. The smallest absolute Gasteiger partial charge is 0.221 e. The minimum absolute atomic E-state index is 0.0125. The van der Waals surface area contributed by atoms with E-state index in [-0.39, 0.29) is 17.4 Å². The van der Waals surface area contributed by atoms with E-state index in [4.69, 9.17) is 0 Å². The molecule has 1 aromatic heterocycles. The van der Waals surface area contributed by atoms with Crippen LogP contribution in [0.15, 0.2) is 16.8 Å². The molecule has 1 aliphatic heterocycles. The van der Waals surface area contributed by atoms with Gasteiger partial charge in [-0.15, -0.1) is 0 Å². The van der Waals surface area contributed by atoms with Gasteiger partial charge in [-0.05, 0) is 34.7 Å². The Morgan fingerprint density at radius 1 is 1.62 bits per heavy atom. The van der Waals surface area contributed by atoms with Gasteiger partial charge in [0.15, 0.2) is 0 Å². The Bertz CT molecular complexity index is 371. The van der Waals surface area contributed by atoms with Crippen molar-refractivity contribution in [1.29, 1.82) is 0 Å². The van der Waals surface area contributed by atoms with E-state index in [1.165, 1.54) is 5.56 Å². The van der Waals surface area contributed by atoms with Crippen LogP contribution in [0.1, 0.15) is 39.2 Å². The average Bonchev–Trinajstić information content (AvgIpc) is 2.75. The second kappa shape index (κ2) is 4.21. The minimum Gasteiger partial charge on any atom is -0.352 e. The first kappa shape index (κ1) is 11.6. The molecule has 0 saturated carbocycles. The van der Waals surface area contributed by atoms with Crippen molar-refractivity contribution in [1.82, 2.24) is 5.32 Å². The largest absolute Gasteiger partial charge is 0.352 e. The monoisotopic (exact) mass is 237 g/mol. The summed E-state index contributed by atoms with van der Waals surface area (Å²) in [6, 6.07) is 2.44. The van der Waals surface area contributed by atoms with Gasteiger partial charge < -0.3 is 5.32 Å². The molecule has 2 rings (SSSR count). The van der Waals surface area contributed by atoms with Gasteiger partial charge in [-0.25, -0.2) is 0 Å². The summed E-state index contributed by atoms with van der Waals surface area (Å²) in [6.45, 7) is 6.62. The summed E-state index contributed by atoms with van der Waals surface area (Å²) in [5, 5.41) is 7.40. The van der Waals surface area contributed by atoms with Crippen LogP contribution in [-0.2, 0) is 10.2 Å². The van der Waals surface area contributed by atoms with Gasteiger partial charge in [0, 0.05) is 17.9 Å². The molecule has 2 atom stereocenters. The number of hydrogen-bond donors (Lipinski definition) is 1. The van der Waals surface area contributed by atoms with E-state index in [2.05, 4.69) is 42.9 Å². The van der Waals surface area contributed by atoms with Gasteiger partial charge in [0.1, 0.15) is 0 Å². The van der Waals surface area contributed by atoms with Crippen LogP contribution < -0.4 is 5.32 Å². The topological polar surface area (TPSA) is 29.1 Å². The van der Waals surface area contributed by atoms with Crippen molar-refractivity contribution in [3.63, 3.8) is 0 Å². The van der Waals surface area contributed by atoms with Crippen molar-refractivity contribution in [2.45, 2.75) is 45.1 Å². The van der Waals surface area contributed by atoms with E-state index in [0.717, 1.165) is 6.42 Å². The molecular formula is C13H19NOS. The molecule has 2 heterocycles. The third-order valence-electron chi connectivity index (χ3n) is 3.52. The first-order valence-corrected chi connectivity index (χ1v) is 6.78. The summed E-state index contributed by atoms with van der Waals surface area (Å²) in [5.74, 6) is 0.806. The summed E-state index contributed by atoms with van der Waals surface area (Å²) in [6.07, 6.45) is 1.68. The van der Waals surface area contributed by atoms with E-state index in [0.29, 0.717) is 12.3 Å². The van der Waals surface area contributed by atoms with Gasteiger partial charge in [0.2, 0.25) is 5.91 Å². The molecule has 0 radical (unpaired) electrons. The molecule has 88 valence electrons. The molecule has 2 nitrogen and oxygen atoms in total. The molecule has 1 fully saturated rings. The summed E-state index contributed by atoms with van der Waals surface area (Å²) in [7, 11) is 0. The molecule has 16 heavy (non-hydrogen) atoms. The molecule has 0 aliphatic carbocycles. The molecule has 1 aromatic rings. The van der Waals surface area contributed by atoms with Crippen molar-refractivity contribution in [2.75, 3.05) is 0 Å². The van der Waals surface area contributed by atoms with Crippen LogP contribution in [0.2, 0.25) is 0 Å². The number of nitrogens with one attached hydrogen (secondary N) is 1. The Balaban J connectivity index is 2.26. The quantitative estimate of drug-likeness (QED) is 0.860. The summed E-state index contributed by atoms with van der Waals surface area (Å²) in [4.78, 5) is 11.6. The highest BCUT2D eigenvalue weighted by atomic mass is 32.1. The molecule has 1 saturated heterocycles. The lowest BCUT2D eigenvalue weighted by molar-refractivity contribution is -0.119. The van der Waals surface area contributed by atoms with Crippen LogP contribution in [0.25, 0.3) is 0 Å². The highest BCUT2D eigenvalue weighted by Gasteiger charge is 2.44. The second-order valence-electron chi connectivity index (χ2n) is 5.36. The SMILES string of the molecule is CC(C)CC1NC(=O)CC1(C)c1ccsc1. The van der Waals surface area contributed by atoms with Crippen LogP contribution in [0, 0.1) is 5.92 Å². The predicted molar refractivity (Wildman–Crippen MR) is 67.7 cm³/mol. The number of carbonyl (C=O) groups is 1. The minimum atomic E-state index is -0.0125. The lowest BCUT2D eigenvalue weighted by Crippen LogP contribution is -2.39. The van der Waals surface area contributed by atoms with Crippen molar-refractivity contribution >= 4 is 17.2 Å². The maximum absolute atomic E-state index is 11.6. The Labute approximate surface area is 101 Å². The van der Waals surface area contributed by atoms with Gasteiger partial charge in [-0.1, -0.05) is 20.8 Å². The third-order valence-corrected chi connectivity index (χ3v) is 4.20. The van der Waals surface area contributed by atoms with Crippen LogP contribution >= 0.6 is 11.3 Å². The van der Waals surface area contributed by atoms with E-state index in [1.807, 2.05) is 0 Å². The normalized spacial score (nSPS) is 29.8. The zero-order valence-electron chi connectivity index (χ0n) is 10.1. The first-order valence-electron chi connectivity index (χ1n) is 5.84. The standard InChI is InChI=1S/C13H19NOS/c1-9(2)6-11-13(3,7-12(15)14-11)10-4-5-16-8-10/h4-5,8-9,11H,6-7H2,1-3H3,(H,14,15). The van der Waals surface area contributed by atoms with Crippen molar-refractivity contribution < 1.29 is 4.79 Å². The zero-order valence-corrected chi connectivity index (χ0v) is 10.9. The fraction of sp³-hybridized carbons (Fsp3) is 0.615. The Kier molecular flexibility index (Phi) is 3.06. The van der Waals surface area contributed by atoms with Gasteiger partial charge in [0.05, 0.1) is 0 Å². The van der Waals surface area contributed by atoms with Crippen molar-refractivity contribution in [2.24, 2.45) is 5.92 Å². The Hall–Kier alpha value is -0.830. The van der Waals surface area contributed by atoms with Crippen LogP contribution in [-0.4, -0.2) is 11.9 Å². The highest BCUT2D eigenvalue weighted by Crippen LogP contribution is 2.39. The summed E-state index contributed by atoms with van der Waals surface area (Å²) in [5.41, 5.74) is 1.29. The molecule has 1 N–H and O–H groups in total. The second-order valence-corrected chi connectivity index (χ2v) is 6.14. The zero-order chi connectivity index (χ0) is 11.8. The van der Waals surface area contributed by atoms with Crippen molar-refractivity contribution in [3.8, 4) is 0 Å². The average molecular weight is 237 g/mol. The number of rotatable bonds is 3. The molecule has 3 heteroatoms.